The number of carbonyl (C=O) groups excluding carboxylic acids is 2. The average Bonchev–Trinajstić information content (AvgIpc) is 2.53. The van der Waals surface area contributed by atoms with Gasteiger partial charge < -0.3 is 20.4 Å². The van der Waals surface area contributed by atoms with Crippen molar-refractivity contribution in [2.45, 2.75) is 51.9 Å². The molecule has 142 valence electrons. The Bertz CT molecular complexity index is 335. The summed E-state index contributed by atoms with van der Waals surface area (Å²) < 4.78 is 0. The van der Waals surface area contributed by atoms with Crippen molar-refractivity contribution in [3.8, 4) is 0 Å². The molecule has 0 spiro atoms. The maximum absolute atomic E-state index is 11.7. The standard InChI is InChI=1S/C18H38N4O2/c1-5-17(23)19-12-9-13-20-18(24)11-7-6-8-15-22(4)16-10-14-21(2)3/h5-16H2,1-4H3,(H,19,23)(H,20,24). The van der Waals surface area contributed by atoms with Crippen LogP contribution in [0.4, 0.5) is 0 Å². The number of hydrogen-bond acceptors (Lipinski definition) is 4. The summed E-state index contributed by atoms with van der Waals surface area (Å²) in [6.07, 6.45) is 6.29. The van der Waals surface area contributed by atoms with Gasteiger partial charge in [-0.2, -0.15) is 0 Å². The van der Waals surface area contributed by atoms with Crippen molar-refractivity contribution in [1.29, 1.82) is 0 Å². The molecule has 0 aromatic rings. The zero-order valence-electron chi connectivity index (χ0n) is 16.2. The van der Waals surface area contributed by atoms with Gasteiger partial charge in [0.2, 0.25) is 11.8 Å². The molecule has 0 rings (SSSR count). The van der Waals surface area contributed by atoms with Crippen LogP contribution in [0.3, 0.4) is 0 Å². The monoisotopic (exact) mass is 342 g/mol. The third-order valence-electron chi connectivity index (χ3n) is 3.91. The summed E-state index contributed by atoms with van der Waals surface area (Å²) in [5, 5.41) is 5.71. The second-order valence-corrected chi connectivity index (χ2v) is 6.68. The molecular weight excluding hydrogens is 304 g/mol. The van der Waals surface area contributed by atoms with E-state index in [0.29, 0.717) is 25.9 Å². The van der Waals surface area contributed by atoms with Crippen LogP contribution in [-0.4, -0.2) is 75.5 Å². The topological polar surface area (TPSA) is 64.7 Å². The minimum atomic E-state index is 0.0630. The summed E-state index contributed by atoms with van der Waals surface area (Å²) in [5.41, 5.74) is 0. The highest BCUT2D eigenvalue weighted by Gasteiger charge is 2.02. The number of hydrogen-bond donors (Lipinski definition) is 2. The van der Waals surface area contributed by atoms with Crippen molar-refractivity contribution in [1.82, 2.24) is 20.4 Å². The summed E-state index contributed by atoms with van der Waals surface area (Å²) in [6.45, 7) is 6.47. The first-order valence-electron chi connectivity index (χ1n) is 9.32. The highest BCUT2D eigenvalue weighted by atomic mass is 16.2. The molecule has 0 radical (unpaired) electrons. The van der Waals surface area contributed by atoms with Gasteiger partial charge in [0.15, 0.2) is 0 Å². The molecule has 0 bridgehead atoms. The Labute approximate surface area is 148 Å². The third kappa shape index (κ3) is 15.7. The van der Waals surface area contributed by atoms with Crippen molar-refractivity contribution in [3.05, 3.63) is 0 Å². The number of amides is 2. The minimum Gasteiger partial charge on any atom is -0.356 e. The van der Waals surface area contributed by atoms with Crippen molar-refractivity contribution >= 4 is 11.8 Å². The molecule has 0 aliphatic heterocycles. The second-order valence-electron chi connectivity index (χ2n) is 6.68. The molecule has 2 amide bonds. The lowest BCUT2D eigenvalue weighted by Crippen LogP contribution is -2.29. The van der Waals surface area contributed by atoms with Gasteiger partial charge in [-0.15, -0.1) is 0 Å². The first-order chi connectivity index (χ1) is 11.5. The summed E-state index contributed by atoms with van der Waals surface area (Å²) in [4.78, 5) is 27.3. The fourth-order valence-corrected chi connectivity index (χ4v) is 2.37. The smallest absolute Gasteiger partial charge is 0.219 e. The molecule has 2 N–H and O–H groups in total. The Hall–Kier alpha value is -1.14. The predicted octanol–water partition coefficient (Wildman–Crippen LogP) is 1.46. The quantitative estimate of drug-likeness (QED) is 0.442. The highest BCUT2D eigenvalue weighted by molar-refractivity contribution is 5.76. The van der Waals surface area contributed by atoms with Crippen LogP contribution in [0.25, 0.3) is 0 Å². The number of carbonyl (C=O) groups is 2. The Balaban J connectivity index is 3.38. The van der Waals surface area contributed by atoms with Crippen LogP contribution in [0.1, 0.15) is 51.9 Å². The van der Waals surface area contributed by atoms with Gasteiger partial charge in [-0.25, -0.2) is 0 Å². The van der Waals surface area contributed by atoms with Gasteiger partial charge in [0.1, 0.15) is 0 Å². The van der Waals surface area contributed by atoms with Gasteiger partial charge in [0, 0.05) is 25.9 Å². The fourth-order valence-electron chi connectivity index (χ4n) is 2.37. The first-order valence-corrected chi connectivity index (χ1v) is 9.32. The summed E-state index contributed by atoms with van der Waals surface area (Å²) in [7, 11) is 6.37. The molecule has 0 saturated carbocycles. The van der Waals surface area contributed by atoms with Gasteiger partial charge in [0.25, 0.3) is 0 Å². The van der Waals surface area contributed by atoms with Gasteiger partial charge >= 0.3 is 0 Å². The predicted molar refractivity (Wildman–Crippen MR) is 100 cm³/mol. The van der Waals surface area contributed by atoms with Crippen LogP contribution >= 0.6 is 0 Å². The van der Waals surface area contributed by atoms with Crippen LogP contribution in [0, 0.1) is 0 Å². The molecular formula is C18H38N4O2. The maximum atomic E-state index is 11.7. The van der Waals surface area contributed by atoms with E-state index in [9.17, 15) is 9.59 Å². The minimum absolute atomic E-state index is 0.0630. The van der Waals surface area contributed by atoms with Crippen LogP contribution in [0.5, 0.6) is 0 Å². The van der Waals surface area contributed by atoms with Crippen molar-refractivity contribution < 1.29 is 9.59 Å². The van der Waals surface area contributed by atoms with Gasteiger partial charge in [-0.05, 0) is 66.5 Å². The largest absolute Gasteiger partial charge is 0.356 e. The van der Waals surface area contributed by atoms with Crippen LogP contribution in [0.2, 0.25) is 0 Å². The molecule has 6 heteroatoms. The normalized spacial score (nSPS) is 11.1. The van der Waals surface area contributed by atoms with Crippen molar-refractivity contribution in [2.24, 2.45) is 0 Å². The van der Waals surface area contributed by atoms with E-state index in [0.717, 1.165) is 45.3 Å². The van der Waals surface area contributed by atoms with Gasteiger partial charge in [0.05, 0.1) is 0 Å². The van der Waals surface area contributed by atoms with Crippen LogP contribution in [-0.2, 0) is 9.59 Å². The molecule has 0 atom stereocenters. The lowest BCUT2D eigenvalue weighted by atomic mass is 10.2. The lowest BCUT2D eigenvalue weighted by Gasteiger charge is -2.17. The second kappa shape index (κ2) is 15.4. The molecule has 0 fully saturated rings. The zero-order chi connectivity index (χ0) is 18.2. The van der Waals surface area contributed by atoms with Crippen molar-refractivity contribution in [3.63, 3.8) is 0 Å². The number of unbranched alkanes of at least 4 members (excludes halogenated alkanes) is 2. The summed E-state index contributed by atoms with van der Waals surface area (Å²) >= 11 is 0. The zero-order valence-corrected chi connectivity index (χ0v) is 16.2. The maximum Gasteiger partial charge on any atom is 0.219 e. The van der Waals surface area contributed by atoms with E-state index in [1.807, 2.05) is 6.92 Å². The summed E-state index contributed by atoms with van der Waals surface area (Å²) in [6, 6.07) is 0. The van der Waals surface area contributed by atoms with E-state index in [-0.39, 0.29) is 11.8 Å². The Morgan fingerprint density at radius 3 is 2.00 bits per heavy atom. The molecule has 0 aliphatic rings. The third-order valence-corrected chi connectivity index (χ3v) is 3.91. The SMILES string of the molecule is CCC(=O)NCCCNC(=O)CCCCCN(C)CCCN(C)C. The molecule has 0 aromatic carbocycles. The Morgan fingerprint density at radius 2 is 1.38 bits per heavy atom. The molecule has 0 saturated heterocycles. The number of rotatable bonds is 15. The number of nitrogens with zero attached hydrogens (tertiary/aromatic N) is 2. The van der Waals surface area contributed by atoms with Crippen LogP contribution < -0.4 is 10.6 Å². The molecule has 6 nitrogen and oxygen atoms in total. The summed E-state index contributed by atoms with van der Waals surface area (Å²) in [5.74, 6) is 0.184. The molecule has 0 aromatic heterocycles. The molecule has 0 heterocycles. The molecule has 0 aliphatic carbocycles. The van der Waals surface area contributed by atoms with E-state index in [4.69, 9.17) is 0 Å². The first kappa shape index (κ1) is 22.9. The highest BCUT2D eigenvalue weighted by Crippen LogP contribution is 2.02. The van der Waals surface area contributed by atoms with Gasteiger partial charge in [-0.1, -0.05) is 13.3 Å². The van der Waals surface area contributed by atoms with E-state index in [2.05, 4.69) is 41.6 Å². The Kier molecular flexibility index (Phi) is 14.7. The molecule has 24 heavy (non-hydrogen) atoms. The van der Waals surface area contributed by atoms with Crippen LogP contribution in [0.15, 0.2) is 0 Å². The number of nitrogens with one attached hydrogen (secondary N) is 2. The molecule has 0 unspecified atom stereocenters. The fraction of sp³-hybridized carbons (Fsp3) is 0.889. The average molecular weight is 343 g/mol. The van der Waals surface area contributed by atoms with Gasteiger partial charge in [-0.3, -0.25) is 9.59 Å². The van der Waals surface area contributed by atoms with E-state index >= 15 is 0 Å². The Morgan fingerprint density at radius 1 is 0.750 bits per heavy atom. The lowest BCUT2D eigenvalue weighted by molar-refractivity contribution is -0.121. The van der Waals surface area contributed by atoms with Crippen molar-refractivity contribution in [2.75, 3.05) is 53.9 Å². The van der Waals surface area contributed by atoms with E-state index < -0.39 is 0 Å². The van der Waals surface area contributed by atoms with E-state index in [1.165, 1.54) is 6.42 Å². The van der Waals surface area contributed by atoms with E-state index in [1.54, 1.807) is 0 Å².